The Hall–Kier alpha value is -2.05. The highest BCUT2D eigenvalue weighted by Gasteiger charge is 2.22. The van der Waals surface area contributed by atoms with E-state index in [0.717, 1.165) is 12.1 Å². The van der Waals surface area contributed by atoms with Crippen molar-refractivity contribution >= 4 is 40.9 Å². The van der Waals surface area contributed by atoms with Crippen LogP contribution in [0.2, 0.25) is 5.02 Å². The Labute approximate surface area is 167 Å². The van der Waals surface area contributed by atoms with E-state index in [0.29, 0.717) is 47.2 Å². The molecule has 1 aliphatic rings. The number of hydrogen-bond acceptors (Lipinski definition) is 3. The highest BCUT2D eigenvalue weighted by Crippen LogP contribution is 2.24. The lowest BCUT2D eigenvalue weighted by atomic mass is 10.1. The van der Waals surface area contributed by atoms with E-state index < -0.39 is 0 Å². The number of amides is 2. The maximum atomic E-state index is 13.7. The van der Waals surface area contributed by atoms with E-state index in [1.807, 2.05) is 6.07 Å². The normalized spacial score (nSPS) is 13.9. The minimum absolute atomic E-state index is 0.0933. The molecule has 7 heteroatoms. The van der Waals surface area contributed by atoms with E-state index in [2.05, 4.69) is 5.32 Å². The minimum atomic E-state index is -0.313. The summed E-state index contributed by atoms with van der Waals surface area (Å²) in [4.78, 5) is 25.9. The van der Waals surface area contributed by atoms with Gasteiger partial charge in [-0.25, -0.2) is 4.39 Å². The molecule has 0 saturated carbocycles. The molecule has 142 valence electrons. The average Bonchev–Trinajstić information content (AvgIpc) is 3.09. The van der Waals surface area contributed by atoms with Crippen molar-refractivity contribution in [3.63, 3.8) is 0 Å². The Balaban J connectivity index is 1.48. The van der Waals surface area contributed by atoms with Crippen LogP contribution in [-0.2, 0) is 10.5 Å². The summed E-state index contributed by atoms with van der Waals surface area (Å²) in [7, 11) is 0. The Morgan fingerprint density at radius 1 is 1.26 bits per heavy atom. The van der Waals surface area contributed by atoms with Gasteiger partial charge in [-0.2, -0.15) is 11.8 Å². The Morgan fingerprint density at radius 2 is 2.07 bits per heavy atom. The second-order valence-corrected chi connectivity index (χ2v) is 7.72. The van der Waals surface area contributed by atoms with Crippen LogP contribution < -0.4 is 10.2 Å². The summed E-state index contributed by atoms with van der Waals surface area (Å²) in [5.74, 6) is 0.686. The van der Waals surface area contributed by atoms with Crippen LogP contribution in [0.5, 0.6) is 0 Å². The molecule has 0 unspecified atom stereocenters. The molecular weight excluding hydrogens is 387 g/mol. The highest BCUT2D eigenvalue weighted by atomic mass is 35.5. The van der Waals surface area contributed by atoms with Crippen molar-refractivity contribution in [3.8, 4) is 0 Å². The SMILES string of the molecule is O=C(NCCSCc1c(F)cccc1Cl)c1cccc(N2CCCC2=O)c1. The van der Waals surface area contributed by atoms with Gasteiger partial charge in [-0.05, 0) is 36.8 Å². The molecule has 1 aliphatic heterocycles. The molecule has 1 fully saturated rings. The van der Waals surface area contributed by atoms with Crippen LogP contribution in [0.15, 0.2) is 42.5 Å². The number of thioether (sulfide) groups is 1. The van der Waals surface area contributed by atoms with E-state index in [1.54, 1.807) is 35.2 Å². The summed E-state index contributed by atoms with van der Waals surface area (Å²) in [6, 6.07) is 11.7. The minimum Gasteiger partial charge on any atom is -0.351 e. The second-order valence-electron chi connectivity index (χ2n) is 6.21. The standard InChI is InChI=1S/C20H20ClFN2O2S/c21-17-6-2-7-18(22)16(17)13-27-11-9-23-20(26)14-4-1-5-15(12-14)24-10-3-8-19(24)25/h1-2,4-7,12H,3,8-11,13H2,(H,23,26). The van der Waals surface area contributed by atoms with Gasteiger partial charge >= 0.3 is 0 Å². The summed E-state index contributed by atoms with van der Waals surface area (Å²) in [5.41, 5.74) is 1.77. The summed E-state index contributed by atoms with van der Waals surface area (Å²) in [6.45, 7) is 1.15. The molecule has 4 nitrogen and oxygen atoms in total. The molecule has 1 saturated heterocycles. The fourth-order valence-corrected chi connectivity index (χ4v) is 4.12. The largest absolute Gasteiger partial charge is 0.351 e. The Morgan fingerprint density at radius 3 is 2.81 bits per heavy atom. The van der Waals surface area contributed by atoms with E-state index >= 15 is 0 Å². The van der Waals surface area contributed by atoms with Crippen LogP contribution in [0.4, 0.5) is 10.1 Å². The van der Waals surface area contributed by atoms with Gasteiger partial charge < -0.3 is 10.2 Å². The summed E-state index contributed by atoms with van der Waals surface area (Å²) in [5, 5.41) is 3.27. The molecule has 0 atom stereocenters. The number of benzene rings is 2. The van der Waals surface area contributed by atoms with Crippen molar-refractivity contribution in [2.75, 3.05) is 23.7 Å². The molecule has 1 heterocycles. The van der Waals surface area contributed by atoms with Crippen LogP contribution >= 0.6 is 23.4 Å². The van der Waals surface area contributed by atoms with E-state index in [4.69, 9.17) is 11.6 Å². The van der Waals surface area contributed by atoms with Gasteiger partial charge in [-0.1, -0.05) is 23.7 Å². The van der Waals surface area contributed by atoms with Gasteiger partial charge in [-0.3, -0.25) is 9.59 Å². The monoisotopic (exact) mass is 406 g/mol. The van der Waals surface area contributed by atoms with Gasteiger partial charge in [0, 0.05) is 52.9 Å². The molecular formula is C20H20ClFN2O2S. The van der Waals surface area contributed by atoms with Crippen molar-refractivity contribution in [1.82, 2.24) is 5.32 Å². The Kier molecular flexibility index (Phi) is 6.74. The van der Waals surface area contributed by atoms with Crippen LogP contribution in [0, 0.1) is 5.82 Å². The number of rotatable bonds is 7. The van der Waals surface area contributed by atoms with Gasteiger partial charge in [0.1, 0.15) is 5.82 Å². The smallest absolute Gasteiger partial charge is 0.251 e. The molecule has 2 aromatic rings. The number of carbonyl (C=O) groups excluding carboxylic acids is 2. The van der Waals surface area contributed by atoms with Crippen molar-refractivity contribution in [1.29, 1.82) is 0 Å². The van der Waals surface area contributed by atoms with E-state index in [-0.39, 0.29) is 17.6 Å². The zero-order valence-corrected chi connectivity index (χ0v) is 16.3. The maximum absolute atomic E-state index is 13.7. The van der Waals surface area contributed by atoms with Crippen LogP contribution in [0.25, 0.3) is 0 Å². The molecule has 0 spiro atoms. The van der Waals surface area contributed by atoms with Crippen LogP contribution in [0.1, 0.15) is 28.8 Å². The molecule has 0 radical (unpaired) electrons. The Bertz CT molecular complexity index is 826. The fraction of sp³-hybridized carbons (Fsp3) is 0.300. The third-order valence-corrected chi connectivity index (χ3v) is 5.67. The quantitative estimate of drug-likeness (QED) is 0.698. The van der Waals surface area contributed by atoms with Crippen LogP contribution in [-0.4, -0.2) is 30.7 Å². The molecule has 0 aromatic heterocycles. The summed E-state index contributed by atoms with van der Waals surface area (Å²) in [6.07, 6.45) is 1.40. The zero-order valence-electron chi connectivity index (χ0n) is 14.7. The lowest BCUT2D eigenvalue weighted by Gasteiger charge is -2.16. The molecule has 2 amide bonds. The van der Waals surface area contributed by atoms with E-state index in [9.17, 15) is 14.0 Å². The molecule has 3 rings (SSSR count). The first-order valence-electron chi connectivity index (χ1n) is 8.75. The van der Waals surface area contributed by atoms with Gasteiger partial charge in [0.25, 0.3) is 5.91 Å². The predicted octanol–water partition coefficient (Wildman–Crippen LogP) is 4.27. The molecule has 1 N–H and O–H groups in total. The van der Waals surface area contributed by atoms with E-state index in [1.165, 1.54) is 17.8 Å². The fourth-order valence-electron chi connectivity index (χ4n) is 2.92. The number of nitrogens with zero attached hydrogens (tertiary/aromatic N) is 1. The van der Waals surface area contributed by atoms with Gasteiger partial charge in [-0.15, -0.1) is 0 Å². The molecule has 27 heavy (non-hydrogen) atoms. The number of hydrogen-bond donors (Lipinski definition) is 1. The first kappa shape index (κ1) is 19.7. The van der Waals surface area contributed by atoms with Gasteiger partial charge in [0.05, 0.1) is 0 Å². The average molecular weight is 407 g/mol. The predicted molar refractivity (Wildman–Crippen MR) is 108 cm³/mol. The van der Waals surface area contributed by atoms with Gasteiger partial charge in [0.2, 0.25) is 5.91 Å². The summed E-state index contributed by atoms with van der Waals surface area (Å²) >= 11 is 7.50. The van der Waals surface area contributed by atoms with Crippen molar-refractivity contribution in [3.05, 3.63) is 64.4 Å². The van der Waals surface area contributed by atoms with Crippen molar-refractivity contribution < 1.29 is 14.0 Å². The maximum Gasteiger partial charge on any atom is 0.251 e. The highest BCUT2D eigenvalue weighted by molar-refractivity contribution is 7.98. The van der Waals surface area contributed by atoms with Crippen LogP contribution in [0.3, 0.4) is 0 Å². The van der Waals surface area contributed by atoms with Crippen molar-refractivity contribution in [2.24, 2.45) is 0 Å². The first-order valence-corrected chi connectivity index (χ1v) is 10.3. The second kappa shape index (κ2) is 9.24. The lowest BCUT2D eigenvalue weighted by molar-refractivity contribution is -0.117. The number of halogens is 2. The number of carbonyl (C=O) groups is 2. The molecule has 0 bridgehead atoms. The lowest BCUT2D eigenvalue weighted by Crippen LogP contribution is -2.27. The number of anilines is 1. The number of nitrogens with one attached hydrogen (secondary N) is 1. The topological polar surface area (TPSA) is 49.4 Å². The third kappa shape index (κ3) is 5.02. The molecule has 2 aromatic carbocycles. The zero-order chi connectivity index (χ0) is 19.2. The molecule has 0 aliphatic carbocycles. The first-order chi connectivity index (χ1) is 13.1. The third-order valence-electron chi connectivity index (χ3n) is 4.33. The van der Waals surface area contributed by atoms with Gasteiger partial charge in [0.15, 0.2) is 0 Å². The van der Waals surface area contributed by atoms with Crippen molar-refractivity contribution in [2.45, 2.75) is 18.6 Å². The summed E-state index contributed by atoms with van der Waals surface area (Å²) < 4.78 is 13.7.